The van der Waals surface area contributed by atoms with E-state index in [4.69, 9.17) is 0 Å². The number of allylic oxidation sites excluding steroid dienone is 1. The van der Waals surface area contributed by atoms with E-state index >= 15 is 0 Å². The smallest absolute Gasteiger partial charge is 0.157 e. The van der Waals surface area contributed by atoms with Gasteiger partial charge in [-0.3, -0.25) is 9.69 Å². The van der Waals surface area contributed by atoms with Crippen LogP contribution in [0.5, 0.6) is 0 Å². The second kappa shape index (κ2) is 8.91. The van der Waals surface area contributed by atoms with Gasteiger partial charge in [0.25, 0.3) is 0 Å². The molecule has 1 aliphatic rings. The maximum Gasteiger partial charge on any atom is 0.157 e. The van der Waals surface area contributed by atoms with E-state index in [1.165, 1.54) is 23.8 Å². The number of benzene rings is 2. The Morgan fingerprint density at radius 2 is 1.77 bits per heavy atom. The molecule has 1 heterocycles. The molecule has 3 heteroatoms. The molecule has 1 saturated heterocycles. The van der Waals surface area contributed by atoms with Gasteiger partial charge in [0.15, 0.2) is 5.78 Å². The molecule has 2 aromatic rings. The number of hydrogen-bond donors (Lipinski definition) is 0. The summed E-state index contributed by atoms with van der Waals surface area (Å²) in [7, 11) is 0. The van der Waals surface area contributed by atoms with E-state index in [0.29, 0.717) is 12.3 Å². The second-order valence-electron chi connectivity index (χ2n) is 7.11. The van der Waals surface area contributed by atoms with Crippen molar-refractivity contribution < 1.29 is 9.18 Å². The Morgan fingerprint density at radius 1 is 1.12 bits per heavy atom. The maximum absolute atomic E-state index is 13.3. The van der Waals surface area contributed by atoms with Crippen molar-refractivity contribution in [3.05, 3.63) is 84.2 Å². The number of hydrogen-bond acceptors (Lipinski definition) is 2. The van der Waals surface area contributed by atoms with Gasteiger partial charge in [-0.2, -0.15) is 0 Å². The molecule has 0 unspecified atom stereocenters. The summed E-state index contributed by atoms with van der Waals surface area (Å²) in [5, 5.41) is 0. The number of nitrogens with zero attached hydrogens (tertiary/aromatic N) is 1. The summed E-state index contributed by atoms with van der Waals surface area (Å²) in [5.41, 5.74) is 2.39. The van der Waals surface area contributed by atoms with Crippen LogP contribution in [-0.4, -0.2) is 23.8 Å². The van der Waals surface area contributed by atoms with E-state index in [-0.39, 0.29) is 17.6 Å². The van der Waals surface area contributed by atoms with Crippen LogP contribution in [0.2, 0.25) is 0 Å². The summed E-state index contributed by atoms with van der Waals surface area (Å²) in [6.45, 7) is 5.52. The molecule has 26 heavy (non-hydrogen) atoms. The van der Waals surface area contributed by atoms with E-state index in [9.17, 15) is 9.18 Å². The number of carbonyl (C=O) groups excluding carboxylic acids is 1. The number of halogens is 1. The predicted molar refractivity (Wildman–Crippen MR) is 103 cm³/mol. The van der Waals surface area contributed by atoms with E-state index in [0.717, 1.165) is 37.9 Å². The van der Waals surface area contributed by atoms with E-state index in [2.05, 4.69) is 41.8 Å². The highest BCUT2D eigenvalue weighted by Crippen LogP contribution is 2.31. The fraction of sp³-hybridized carbons (Fsp3) is 0.348. The largest absolute Gasteiger partial charge is 0.296 e. The van der Waals surface area contributed by atoms with Crippen LogP contribution in [0.3, 0.4) is 0 Å². The first-order valence-corrected chi connectivity index (χ1v) is 9.34. The van der Waals surface area contributed by atoms with Gasteiger partial charge in [-0.05, 0) is 67.6 Å². The minimum atomic E-state index is -0.246. The Hall–Kier alpha value is -2.26. The minimum absolute atomic E-state index is 0.00113. The van der Waals surface area contributed by atoms with Crippen LogP contribution in [0.4, 0.5) is 4.39 Å². The summed E-state index contributed by atoms with van der Waals surface area (Å²) in [4.78, 5) is 14.4. The third-order valence-electron chi connectivity index (χ3n) is 5.33. The highest BCUT2D eigenvalue weighted by molar-refractivity contribution is 5.89. The molecule has 0 bridgehead atoms. The lowest BCUT2D eigenvalue weighted by Gasteiger charge is -2.37. The first kappa shape index (κ1) is 18.5. The Labute approximate surface area is 155 Å². The first-order valence-electron chi connectivity index (χ1n) is 9.34. The third-order valence-corrected chi connectivity index (χ3v) is 5.33. The van der Waals surface area contributed by atoms with Gasteiger partial charge in [0.2, 0.25) is 0 Å². The number of rotatable bonds is 7. The lowest BCUT2D eigenvalue weighted by molar-refractivity contribution is -0.116. The van der Waals surface area contributed by atoms with Crippen LogP contribution in [0.1, 0.15) is 36.4 Å². The average molecular weight is 351 g/mol. The molecule has 0 N–H and O–H groups in total. The standard InChI is InChI=1S/C23H26FNO/c1-2-22(26)17-23(20-8-10-21(24)11-9-20)25-14-12-19(13-15-25)16-18-6-4-3-5-7-18/h2-11,19,23H,1,12-17H2/t23-/m0/s1. The fourth-order valence-corrected chi connectivity index (χ4v) is 3.83. The predicted octanol–water partition coefficient (Wildman–Crippen LogP) is 4.97. The van der Waals surface area contributed by atoms with Crippen LogP contribution in [0.25, 0.3) is 0 Å². The van der Waals surface area contributed by atoms with Gasteiger partial charge in [0, 0.05) is 12.5 Å². The van der Waals surface area contributed by atoms with Crippen LogP contribution < -0.4 is 0 Å². The lowest BCUT2D eigenvalue weighted by Crippen LogP contribution is -2.38. The molecule has 0 spiro atoms. The molecule has 2 nitrogen and oxygen atoms in total. The summed E-state index contributed by atoms with van der Waals surface area (Å²) >= 11 is 0. The van der Waals surface area contributed by atoms with Crippen molar-refractivity contribution in [1.29, 1.82) is 0 Å². The Balaban J connectivity index is 1.65. The number of likely N-dealkylation sites (tertiary alicyclic amines) is 1. The van der Waals surface area contributed by atoms with Gasteiger partial charge in [-0.25, -0.2) is 4.39 Å². The third kappa shape index (κ3) is 4.89. The van der Waals surface area contributed by atoms with Gasteiger partial charge in [-0.15, -0.1) is 0 Å². The summed E-state index contributed by atoms with van der Waals surface area (Å²) < 4.78 is 13.3. The Bertz CT molecular complexity index is 718. The Morgan fingerprint density at radius 3 is 2.38 bits per heavy atom. The van der Waals surface area contributed by atoms with Crippen LogP contribution in [0.15, 0.2) is 67.3 Å². The topological polar surface area (TPSA) is 20.3 Å². The average Bonchev–Trinajstić information content (AvgIpc) is 2.68. The number of carbonyl (C=O) groups is 1. The molecular formula is C23H26FNO. The van der Waals surface area contributed by atoms with Crippen molar-refractivity contribution in [2.75, 3.05) is 13.1 Å². The molecule has 1 fully saturated rings. The first-order chi connectivity index (χ1) is 12.7. The SMILES string of the molecule is C=CC(=O)C[C@@H](c1ccc(F)cc1)N1CCC(Cc2ccccc2)CC1. The normalized spacial score (nSPS) is 17.0. The number of piperidine rings is 1. The molecule has 2 aromatic carbocycles. The molecule has 0 aromatic heterocycles. The van der Waals surface area contributed by atoms with Crippen LogP contribution >= 0.6 is 0 Å². The van der Waals surface area contributed by atoms with Crippen molar-refractivity contribution in [3.8, 4) is 0 Å². The van der Waals surface area contributed by atoms with Gasteiger partial charge in [0.1, 0.15) is 5.82 Å². The monoisotopic (exact) mass is 351 g/mol. The van der Waals surface area contributed by atoms with Gasteiger partial charge < -0.3 is 0 Å². The molecule has 0 radical (unpaired) electrons. The summed E-state index contributed by atoms with van der Waals surface area (Å²) in [6.07, 6.45) is 5.14. The minimum Gasteiger partial charge on any atom is -0.296 e. The molecule has 0 amide bonds. The van der Waals surface area contributed by atoms with Gasteiger partial charge in [-0.1, -0.05) is 49.0 Å². The van der Waals surface area contributed by atoms with Crippen LogP contribution in [0, 0.1) is 11.7 Å². The molecule has 0 saturated carbocycles. The van der Waals surface area contributed by atoms with Crippen molar-refractivity contribution in [2.45, 2.75) is 31.7 Å². The van der Waals surface area contributed by atoms with Crippen molar-refractivity contribution >= 4 is 5.78 Å². The zero-order chi connectivity index (χ0) is 18.4. The van der Waals surface area contributed by atoms with Gasteiger partial charge in [0.05, 0.1) is 0 Å². The van der Waals surface area contributed by atoms with Crippen LogP contribution in [-0.2, 0) is 11.2 Å². The van der Waals surface area contributed by atoms with Crippen molar-refractivity contribution in [1.82, 2.24) is 4.90 Å². The molecule has 1 atom stereocenters. The Kier molecular flexibility index (Phi) is 6.35. The number of ketones is 1. The zero-order valence-electron chi connectivity index (χ0n) is 15.1. The highest BCUT2D eigenvalue weighted by atomic mass is 19.1. The molecule has 3 rings (SSSR count). The second-order valence-corrected chi connectivity index (χ2v) is 7.11. The van der Waals surface area contributed by atoms with Crippen molar-refractivity contribution in [3.63, 3.8) is 0 Å². The molecule has 1 aliphatic heterocycles. The maximum atomic E-state index is 13.3. The fourth-order valence-electron chi connectivity index (χ4n) is 3.83. The van der Waals surface area contributed by atoms with Crippen molar-refractivity contribution in [2.24, 2.45) is 5.92 Å². The lowest BCUT2D eigenvalue weighted by atomic mass is 9.88. The summed E-state index contributed by atoms with van der Waals surface area (Å²) in [6, 6.07) is 17.2. The van der Waals surface area contributed by atoms with E-state index in [1.54, 1.807) is 12.1 Å². The van der Waals surface area contributed by atoms with Gasteiger partial charge >= 0.3 is 0 Å². The molecule has 136 valence electrons. The zero-order valence-corrected chi connectivity index (χ0v) is 15.1. The highest BCUT2D eigenvalue weighted by Gasteiger charge is 2.27. The molecule has 0 aliphatic carbocycles. The van der Waals surface area contributed by atoms with E-state index in [1.807, 2.05) is 0 Å². The van der Waals surface area contributed by atoms with E-state index < -0.39 is 0 Å². The quantitative estimate of drug-likeness (QED) is 0.657. The summed E-state index contributed by atoms with van der Waals surface area (Å²) in [5.74, 6) is 0.465. The molecular weight excluding hydrogens is 325 g/mol.